The highest BCUT2D eigenvalue weighted by molar-refractivity contribution is 6.69. The fraction of sp³-hybridized carbons (Fsp3) is 0.417. The van der Waals surface area contributed by atoms with Gasteiger partial charge in [-0.05, 0) is 32.1 Å². The fourth-order valence-electron chi connectivity index (χ4n) is 1.36. The molecule has 1 rings (SSSR count). The van der Waals surface area contributed by atoms with Crippen LogP contribution in [0.4, 0.5) is 0 Å². The Morgan fingerprint density at radius 1 is 1.33 bits per heavy atom. The molecule has 1 atom stereocenters. The van der Waals surface area contributed by atoms with E-state index in [1.54, 1.807) is 0 Å². The molecule has 1 aromatic carbocycles. The first-order valence-corrected chi connectivity index (χ1v) is 8.47. The summed E-state index contributed by atoms with van der Waals surface area (Å²) in [5, 5.41) is 9.08. The van der Waals surface area contributed by atoms with E-state index in [0.717, 1.165) is 11.1 Å². The third-order valence-electron chi connectivity index (χ3n) is 1.93. The molecule has 0 spiro atoms. The molecule has 0 fully saturated rings. The summed E-state index contributed by atoms with van der Waals surface area (Å²) in [6.45, 7) is 8.29. The van der Waals surface area contributed by atoms with Crippen LogP contribution in [0.2, 0.25) is 19.6 Å². The van der Waals surface area contributed by atoms with Crippen molar-refractivity contribution in [2.75, 3.05) is 0 Å². The molecular formula is C12H17NOSi. The van der Waals surface area contributed by atoms with Gasteiger partial charge in [0.25, 0.3) is 0 Å². The van der Waals surface area contributed by atoms with Gasteiger partial charge in [-0.1, -0.05) is 29.8 Å². The molecule has 2 nitrogen and oxygen atoms in total. The van der Waals surface area contributed by atoms with Gasteiger partial charge in [-0.25, -0.2) is 0 Å². The molecule has 0 bridgehead atoms. The van der Waals surface area contributed by atoms with Crippen LogP contribution in [0.1, 0.15) is 17.2 Å². The Morgan fingerprint density at radius 2 is 2.00 bits per heavy atom. The van der Waals surface area contributed by atoms with E-state index < -0.39 is 14.4 Å². The lowest BCUT2D eigenvalue weighted by molar-refractivity contribution is 0.255. The van der Waals surface area contributed by atoms with Crippen LogP contribution in [-0.2, 0) is 4.43 Å². The number of nitrogens with zero attached hydrogens (tertiary/aromatic N) is 1. The molecule has 80 valence electrons. The standard InChI is InChI=1S/C12H17NOSi/c1-10-6-5-7-11(8-10)12(9-13)14-15(2,3)4/h5-8,12H,1-4H3/t12-/m0/s1. The van der Waals surface area contributed by atoms with Crippen molar-refractivity contribution in [3.05, 3.63) is 35.4 Å². The third kappa shape index (κ3) is 3.86. The van der Waals surface area contributed by atoms with Crippen molar-refractivity contribution in [3.8, 4) is 6.07 Å². The monoisotopic (exact) mass is 219 g/mol. The van der Waals surface area contributed by atoms with Gasteiger partial charge in [0.1, 0.15) is 0 Å². The van der Waals surface area contributed by atoms with Crippen LogP contribution in [0, 0.1) is 18.3 Å². The molecule has 1 aromatic rings. The van der Waals surface area contributed by atoms with Crippen LogP contribution in [0.3, 0.4) is 0 Å². The van der Waals surface area contributed by atoms with Gasteiger partial charge in [0.15, 0.2) is 14.4 Å². The summed E-state index contributed by atoms with van der Waals surface area (Å²) >= 11 is 0. The minimum absolute atomic E-state index is 0.420. The molecule has 0 aromatic heterocycles. The van der Waals surface area contributed by atoms with Crippen molar-refractivity contribution < 1.29 is 4.43 Å². The minimum atomic E-state index is -1.66. The highest BCUT2D eigenvalue weighted by atomic mass is 28.4. The zero-order chi connectivity index (χ0) is 11.5. The summed E-state index contributed by atoms with van der Waals surface area (Å²) in [5.41, 5.74) is 2.12. The number of rotatable bonds is 3. The molecule has 0 aliphatic carbocycles. The molecule has 0 N–H and O–H groups in total. The van der Waals surface area contributed by atoms with Crippen LogP contribution in [0.25, 0.3) is 0 Å². The van der Waals surface area contributed by atoms with E-state index in [1.165, 1.54) is 0 Å². The van der Waals surface area contributed by atoms with Crippen molar-refractivity contribution in [2.45, 2.75) is 32.7 Å². The average molecular weight is 219 g/mol. The molecule has 0 radical (unpaired) electrons. The predicted molar refractivity (Wildman–Crippen MR) is 64.0 cm³/mol. The SMILES string of the molecule is Cc1cccc([C@H](C#N)O[Si](C)(C)C)c1. The van der Waals surface area contributed by atoms with Crippen LogP contribution >= 0.6 is 0 Å². The third-order valence-corrected chi connectivity index (χ3v) is 2.88. The summed E-state index contributed by atoms with van der Waals surface area (Å²) in [5.74, 6) is 0. The van der Waals surface area contributed by atoms with Crippen LogP contribution in [-0.4, -0.2) is 8.32 Å². The Bertz CT molecular complexity index is 376. The average Bonchev–Trinajstić information content (AvgIpc) is 2.13. The van der Waals surface area contributed by atoms with Crippen molar-refractivity contribution in [2.24, 2.45) is 0 Å². The Morgan fingerprint density at radius 3 is 2.47 bits per heavy atom. The van der Waals surface area contributed by atoms with Gasteiger partial charge >= 0.3 is 0 Å². The molecule has 0 unspecified atom stereocenters. The largest absolute Gasteiger partial charge is 0.399 e. The lowest BCUT2D eigenvalue weighted by Crippen LogP contribution is -2.27. The van der Waals surface area contributed by atoms with E-state index in [-0.39, 0.29) is 0 Å². The summed E-state index contributed by atoms with van der Waals surface area (Å²) in [4.78, 5) is 0. The second-order valence-corrected chi connectivity index (χ2v) is 9.11. The summed E-state index contributed by atoms with van der Waals surface area (Å²) < 4.78 is 5.81. The Kier molecular flexibility index (Phi) is 3.67. The second-order valence-electron chi connectivity index (χ2n) is 4.65. The Hall–Kier alpha value is -1.11. The molecule has 0 saturated carbocycles. The maximum atomic E-state index is 9.08. The molecule has 3 heteroatoms. The van der Waals surface area contributed by atoms with Crippen LogP contribution in [0.15, 0.2) is 24.3 Å². The van der Waals surface area contributed by atoms with Crippen molar-refractivity contribution >= 4 is 8.32 Å². The lowest BCUT2D eigenvalue weighted by Gasteiger charge is -2.21. The first kappa shape index (κ1) is 12.0. The number of nitriles is 1. The lowest BCUT2D eigenvalue weighted by atomic mass is 10.1. The maximum absolute atomic E-state index is 9.08. The minimum Gasteiger partial charge on any atom is -0.399 e. The van der Waals surface area contributed by atoms with Gasteiger partial charge in [0.05, 0.1) is 6.07 Å². The zero-order valence-corrected chi connectivity index (χ0v) is 10.7. The maximum Gasteiger partial charge on any atom is 0.186 e. The Balaban J connectivity index is 2.90. The molecule has 0 amide bonds. The smallest absolute Gasteiger partial charge is 0.186 e. The van der Waals surface area contributed by atoms with E-state index in [2.05, 4.69) is 25.7 Å². The van der Waals surface area contributed by atoms with Crippen LogP contribution < -0.4 is 0 Å². The number of aryl methyl sites for hydroxylation is 1. The topological polar surface area (TPSA) is 33.0 Å². The van der Waals surface area contributed by atoms with Crippen molar-refractivity contribution in [3.63, 3.8) is 0 Å². The second kappa shape index (κ2) is 4.60. The number of hydrogen-bond donors (Lipinski definition) is 0. The first-order chi connectivity index (χ1) is 6.92. The van der Waals surface area contributed by atoms with Gasteiger partial charge in [-0.2, -0.15) is 5.26 Å². The molecule has 0 aliphatic heterocycles. The van der Waals surface area contributed by atoms with E-state index >= 15 is 0 Å². The highest BCUT2D eigenvalue weighted by Gasteiger charge is 2.21. The Labute approximate surface area is 92.6 Å². The molecular weight excluding hydrogens is 202 g/mol. The van der Waals surface area contributed by atoms with Gasteiger partial charge in [0.2, 0.25) is 0 Å². The normalized spacial score (nSPS) is 13.3. The van der Waals surface area contributed by atoms with E-state index in [1.807, 2.05) is 31.2 Å². The molecule has 0 heterocycles. The highest BCUT2D eigenvalue weighted by Crippen LogP contribution is 2.22. The van der Waals surface area contributed by atoms with Gasteiger partial charge < -0.3 is 4.43 Å². The van der Waals surface area contributed by atoms with Crippen LogP contribution in [0.5, 0.6) is 0 Å². The van der Waals surface area contributed by atoms with E-state index in [0.29, 0.717) is 0 Å². The number of hydrogen-bond acceptors (Lipinski definition) is 2. The van der Waals surface area contributed by atoms with E-state index in [4.69, 9.17) is 9.69 Å². The molecule has 0 saturated heterocycles. The first-order valence-electron chi connectivity index (χ1n) is 5.06. The quantitative estimate of drug-likeness (QED) is 0.730. The van der Waals surface area contributed by atoms with Crippen molar-refractivity contribution in [1.82, 2.24) is 0 Å². The van der Waals surface area contributed by atoms with Gasteiger partial charge in [-0.3, -0.25) is 0 Å². The summed E-state index contributed by atoms with van der Waals surface area (Å²) in [6.07, 6.45) is -0.420. The summed E-state index contributed by atoms with van der Waals surface area (Å²) in [6, 6.07) is 10.1. The zero-order valence-electron chi connectivity index (χ0n) is 9.74. The molecule has 0 aliphatic rings. The van der Waals surface area contributed by atoms with Gasteiger partial charge in [-0.15, -0.1) is 0 Å². The summed E-state index contributed by atoms with van der Waals surface area (Å²) in [7, 11) is -1.66. The number of benzene rings is 1. The fourth-order valence-corrected chi connectivity index (χ4v) is 2.25. The molecule has 15 heavy (non-hydrogen) atoms. The van der Waals surface area contributed by atoms with Crippen molar-refractivity contribution in [1.29, 1.82) is 5.26 Å². The predicted octanol–water partition coefficient (Wildman–Crippen LogP) is 3.41. The van der Waals surface area contributed by atoms with E-state index in [9.17, 15) is 0 Å². The van der Waals surface area contributed by atoms with Gasteiger partial charge in [0, 0.05) is 0 Å².